The highest BCUT2D eigenvalue weighted by Gasteiger charge is 2.59. The Balaban J connectivity index is 2.57. The van der Waals surface area contributed by atoms with Gasteiger partial charge in [0, 0.05) is 39.1 Å². The SMILES string of the molecule is C#CCCCCCCCCO[C@]1(C(=O)OC)C[C@H](OC(C)=O)C(NC(=O)COC(C)=O)[C@H]([C@H](OC(C)=O)[C@@H](CNC(=O)Cc2ccc(Cl)cc2)OC(C)=O)O1. The third-order valence-electron chi connectivity index (χ3n) is 8.24. The summed E-state index contributed by atoms with van der Waals surface area (Å²) >= 11 is 5.96. The largest absolute Gasteiger partial charge is 0.465 e. The van der Waals surface area contributed by atoms with Gasteiger partial charge in [-0.1, -0.05) is 49.4 Å². The van der Waals surface area contributed by atoms with Gasteiger partial charge in [-0.3, -0.25) is 28.8 Å². The molecule has 0 radical (unpaired) electrons. The Hall–Kier alpha value is -4.72. The number of halogens is 1. The number of hydrogen-bond donors (Lipinski definition) is 2. The topological polar surface area (TPSA) is 208 Å². The molecule has 2 amide bonds. The number of nitrogens with one attached hydrogen (secondary N) is 2. The van der Waals surface area contributed by atoms with Crippen molar-refractivity contribution in [3.8, 4) is 12.3 Å². The smallest absolute Gasteiger partial charge is 0.366 e. The van der Waals surface area contributed by atoms with E-state index in [1.54, 1.807) is 24.3 Å². The van der Waals surface area contributed by atoms with Crippen LogP contribution in [0.2, 0.25) is 5.02 Å². The van der Waals surface area contributed by atoms with Crippen LogP contribution < -0.4 is 10.6 Å². The minimum atomic E-state index is -2.31. The molecule has 0 aliphatic carbocycles. The van der Waals surface area contributed by atoms with Gasteiger partial charge in [0.2, 0.25) is 5.91 Å². The summed E-state index contributed by atoms with van der Waals surface area (Å²) < 4.78 is 39.3. The van der Waals surface area contributed by atoms with Crippen molar-refractivity contribution < 1.29 is 66.7 Å². The van der Waals surface area contributed by atoms with Gasteiger partial charge in [-0.15, -0.1) is 12.3 Å². The molecule has 0 spiro atoms. The molecule has 16 nitrogen and oxygen atoms in total. The van der Waals surface area contributed by atoms with E-state index < -0.39 is 97.5 Å². The summed E-state index contributed by atoms with van der Waals surface area (Å²) in [6.45, 7) is 3.05. The molecule has 1 unspecified atom stereocenters. The van der Waals surface area contributed by atoms with E-state index >= 15 is 0 Å². The quantitative estimate of drug-likeness (QED) is 0.0749. The summed E-state index contributed by atoms with van der Waals surface area (Å²) in [4.78, 5) is 88.9. The second-order valence-corrected chi connectivity index (χ2v) is 13.2. The highest BCUT2D eigenvalue weighted by atomic mass is 35.5. The number of unbranched alkanes of at least 4 members (excludes halogenated alkanes) is 6. The van der Waals surface area contributed by atoms with Gasteiger partial charge in [-0.2, -0.15) is 0 Å². The molecule has 1 heterocycles. The monoisotopic (exact) mass is 794 g/mol. The molecule has 6 atom stereocenters. The van der Waals surface area contributed by atoms with Gasteiger partial charge in [0.25, 0.3) is 11.7 Å². The van der Waals surface area contributed by atoms with Gasteiger partial charge >= 0.3 is 29.8 Å². The third-order valence-corrected chi connectivity index (χ3v) is 8.49. The lowest BCUT2D eigenvalue weighted by Crippen LogP contribution is -2.70. The fourth-order valence-electron chi connectivity index (χ4n) is 5.87. The number of carbonyl (C=O) groups is 7. The molecule has 304 valence electrons. The van der Waals surface area contributed by atoms with Crippen LogP contribution >= 0.6 is 11.6 Å². The van der Waals surface area contributed by atoms with Crippen LogP contribution in [0.25, 0.3) is 0 Å². The van der Waals surface area contributed by atoms with Gasteiger partial charge < -0.3 is 43.8 Å². The molecule has 0 saturated carbocycles. The van der Waals surface area contributed by atoms with Crippen molar-refractivity contribution in [3.63, 3.8) is 0 Å². The lowest BCUT2D eigenvalue weighted by molar-refractivity contribution is -0.313. The maximum Gasteiger partial charge on any atom is 0.366 e. The van der Waals surface area contributed by atoms with E-state index in [2.05, 4.69) is 16.6 Å². The molecule has 17 heteroatoms. The highest BCUT2D eigenvalue weighted by Crippen LogP contribution is 2.37. The van der Waals surface area contributed by atoms with E-state index in [1.165, 1.54) is 0 Å². The molecule has 1 fully saturated rings. The van der Waals surface area contributed by atoms with E-state index in [1.807, 2.05) is 0 Å². The van der Waals surface area contributed by atoms with Crippen LogP contribution in [-0.4, -0.2) is 105 Å². The Kier molecular flexibility index (Phi) is 20.2. The number of benzene rings is 1. The van der Waals surface area contributed by atoms with Crippen LogP contribution in [0, 0.1) is 12.3 Å². The molecule has 0 bridgehead atoms. The van der Waals surface area contributed by atoms with Crippen molar-refractivity contribution in [1.29, 1.82) is 0 Å². The number of terminal acetylenes is 1. The van der Waals surface area contributed by atoms with Crippen LogP contribution in [0.15, 0.2) is 24.3 Å². The standard InChI is InChI=1S/C38H51ClN2O14/c1-7-8-9-10-11-12-13-14-19-51-38(37(48)49-6)21-30(52-25(3)43)34(41-33(47)23-50-24(2)42)36(55-38)35(54-27(5)45)31(53-26(4)44)22-40-32(46)20-28-15-17-29(39)18-16-28/h1,15-18,30-31,34-36H,8-14,19-23H2,2-6H3,(H,40,46)(H,41,47)/t30-,31+,34?,35+,36+,38+/m0/s1. The third kappa shape index (κ3) is 16.7. The Morgan fingerprint density at radius 2 is 1.53 bits per heavy atom. The maximum absolute atomic E-state index is 13.6. The number of rotatable bonds is 22. The molecule has 55 heavy (non-hydrogen) atoms. The summed E-state index contributed by atoms with van der Waals surface area (Å²) in [7, 11) is 1.08. The predicted octanol–water partition coefficient (Wildman–Crippen LogP) is 2.88. The van der Waals surface area contributed by atoms with Gasteiger partial charge in [0.05, 0.1) is 39.1 Å². The molecule has 1 aromatic rings. The lowest BCUT2D eigenvalue weighted by atomic mass is 9.87. The molecule has 2 rings (SSSR count). The zero-order valence-electron chi connectivity index (χ0n) is 31.9. The van der Waals surface area contributed by atoms with Crippen LogP contribution in [-0.2, 0) is 73.1 Å². The molecule has 2 N–H and O–H groups in total. The van der Waals surface area contributed by atoms with E-state index in [-0.39, 0.29) is 13.0 Å². The van der Waals surface area contributed by atoms with Crippen LogP contribution in [0.1, 0.15) is 84.6 Å². The van der Waals surface area contributed by atoms with E-state index in [9.17, 15) is 33.6 Å². The summed E-state index contributed by atoms with van der Waals surface area (Å²) in [5, 5.41) is 5.69. The van der Waals surface area contributed by atoms with Gasteiger partial charge in [-0.25, -0.2) is 4.79 Å². The summed E-state index contributed by atoms with van der Waals surface area (Å²) in [6, 6.07) is 5.06. The van der Waals surface area contributed by atoms with Crippen LogP contribution in [0.4, 0.5) is 0 Å². The molecular formula is C38H51ClN2O14. The molecule has 1 aliphatic heterocycles. The number of ether oxygens (including phenoxy) is 7. The fourth-order valence-corrected chi connectivity index (χ4v) is 6.00. The maximum atomic E-state index is 13.6. The molecule has 1 saturated heterocycles. The van der Waals surface area contributed by atoms with Crippen molar-refractivity contribution in [2.45, 2.75) is 122 Å². The predicted molar refractivity (Wildman–Crippen MR) is 195 cm³/mol. The Labute approximate surface area is 325 Å². The van der Waals surface area contributed by atoms with Gasteiger partial charge in [-0.05, 0) is 30.5 Å². The number of amides is 2. The first-order valence-corrected chi connectivity index (χ1v) is 18.3. The second kappa shape index (κ2) is 23.9. The molecule has 1 aromatic carbocycles. The van der Waals surface area contributed by atoms with Crippen LogP contribution in [0.3, 0.4) is 0 Å². The number of carbonyl (C=O) groups excluding carboxylic acids is 7. The lowest BCUT2D eigenvalue weighted by Gasteiger charge is -2.48. The summed E-state index contributed by atoms with van der Waals surface area (Å²) in [5.74, 6) is -5.51. The summed E-state index contributed by atoms with van der Waals surface area (Å²) in [5.41, 5.74) is 0.613. The first-order valence-electron chi connectivity index (χ1n) is 17.9. The van der Waals surface area contributed by atoms with E-state index in [4.69, 9.17) is 51.2 Å². The molecule has 1 aliphatic rings. The second-order valence-electron chi connectivity index (χ2n) is 12.8. The normalized spacial score (nSPS) is 20.1. The zero-order valence-corrected chi connectivity index (χ0v) is 32.6. The van der Waals surface area contributed by atoms with Crippen molar-refractivity contribution >= 4 is 53.3 Å². The number of esters is 5. The molecular weight excluding hydrogens is 744 g/mol. The van der Waals surface area contributed by atoms with Crippen molar-refractivity contribution in [2.24, 2.45) is 0 Å². The van der Waals surface area contributed by atoms with Gasteiger partial charge in [0.15, 0.2) is 18.8 Å². The van der Waals surface area contributed by atoms with Crippen molar-refractivity contribution in [3.05, 3.63) is 34.9 Å². The van der Waals surface area contributed by atoms with Crippen LogP contribution in [0.5, 0.6) is 0 Å². The van der Waals surface area contributed by atoms with Crippen molar-refractivity contribution in [1.82, 2.24) is 10.6 Å². The van der Waals surface area contributed by atoms with Crippen molar-refractivity contribution in [2.75, 3.05) is 26.9 Å². The minimum Gasteiger partial charge on any atom is -0.465 e. The first-order chi connectivity index (χ1) is 26.1. The average Bonchev–Trinajstić information content (AvgIpc) is 3.12. The van der Waals surface area contributed by atoms with E-state index in [0.29, 0.717) is 23.4 Å². The van der Waals surface area contributed by atoms with E-state index in [0.717, 1.165) is 66.9 Å². The average molecular weight is 795 g/mol. The Morgan fingerprint density at radius 1 is 0.891 bits per heavy atom. The fraction of sp³-hybridized carbons (Fsp3) is 0.605. The summed E-state index contributed by atoms with van der Waals surface area (Å²) in [6.07, 6.45) is 3.91. The Bertz CT molecular complexity index is 1510. The Morgan fingerprint density at radius 3 is 2.11 bits per heavy atom. The first kappa shape index (κ1) is 46.4. The van der Waals surface area contributed by atoms with Gasteiger partial charge in [0.1, 0.15) is 12.2 Å². The molecule has 0 aromatic heterocycles. The highest BCUT2D eigenvalue weighted by molar-refractivity contribution is 6.30. The minimum absolute atomic E-state index is 0.0329. The zero-order chi connectivity index (χ0) is 41.0. The number of methoxy groups -OCH3 is 1. The number of hydrogen-bond acceptors (Lipinski definition) is 14.